The number of nitrogens with zero attached hydrogens (tertiary/aromatic N) is 2. The highest BCUT2D eigenvalue weighted by atomic mass is 16.3. The molecule has 0 unspecified atom stereocenters. The Hall–Kier alpha value is -2.08. The van der Waals surface area contributed by atoms with Gasteiger partial charge in [-0.2, -0.15) is 0 Å². The molecule has 1 spiro atoms. The quantitative estimate of drug-likeness (QED) is 0.818. The molecule has 2 amide bonds. The lowest BCUT2D eigenvalue weighted by Gasteiger charge is -2.50. The van der Waals surface area contributed by atoms with Crippen molar-refractivity contribution in [2.75, 3.05) is 19.6 Å². The van der Waals surface area contributed by atoms with Gasteiger partial charge in [-0.3, -0.25) is 9.59 Å². The number of likely N-dealkylation sites (tertiary alicyclic amines) is 2. The number of piperidine rings is 2. The number of carbonyl (C=O) groups is 2. The van der Waals surface area contributed by atoms with E-state index >= 15 is 0 Å². The zero-order chi connectivity index (χ0) is 19.7. The lowest BCUT2D eigenvalue weighted by molar-refractivity contribution is -0.143. The largest absolute Gasteiger partial charge is 0.508 e. The third kappa shape index (κ3) is 3.88. The Bertz CT molecular complexity index is 717. The smallest absolute Gasteiger partial charge is 0.253 e. The number of carbonyl (C=O) groups excluding carboxylic acids is 2. The molecule has 3 aliphatic rings. The van der Waals surface area contributed by atoms with Crippen molar-refractivity contribution in [3.8, 4) is 5.75 Å². The van der Waals surface area contributed by atoms with Crippen molar-refractivity contribution in [1.29, 1.82) is 0 Å². The van der Waals surface area contributed by atoms with Gasteiger partial charge in [0, 0.05) is 37.7 Å². The zero-order valence-electron chi connectivity index (χ0n) is 16.3. The normalized spacial score (nSPS) is 27.8. The lowest BCUT2D eigenvalue weighted by atomic mass is 9.71. The van der Waals surface area contributed by atoms with Crippen molar-refractivity contribution in [1.82, 2.24) is 9.80 Å². The molecule has 1 saturated carbocycles. The van der Waals surface area contributed by atoms with Crippen molar-refractivity contribution < 1.29 is 19.8 Å². The molecule has 1 aliphatic carbocycles. The van der Waals surface area contributed by atoms with Crippen LogP contribution < -0.4 is 0 Å². The summed E-state index contributed by atoms with van der Waals surface area (Å²) in [6.45, 7) is 2.23. The van der Waals surface area contributed by atoms with Crippen LogP contribution in [0.3, 0.4) is 0 Å². The fourth-order valence-corrected chi connectivity index (χ4v) is 5.13. The van der Waals surface area contributed by atoms with Gasteiger partial charge in [0.05, 0.1) is 6.10 Å². The first-order valence-corrected chi connectivity index (χ1v) is 10.5. The Kier molecular flexibility index (Phi) is 5.32. The van der Waals surface area contributed by atoms with E-state index in [1.165, 1.54) is 0 Å². The van der Waals surface area contributed by atoms with E-state index in [1.807, 2.05) is 4.90 Å². The summed E-state index contributed by atoms with van der Waals surface area (Å²) in [5.74, 6) is 0.436. The van der Waals surface area contributed by atoms with E-state index in [1.54, 1.807) is 24.3 Å². The molecule has 152 valence electrons. The maximum atomic E-state index is 12.7. The fourth-order valence-electron chi connectivity index (χ4n) is 5.13. The number of aliphatic hydroxyl groups excluding tert-OH is 1. The highest BCUT2D eigenvalue weighted by Gasteiger charge is 2.43. The Morgan fingerprint density at radius 3 is 2.29 bits per heavy atom. The molecule has 0 radical (unpaired) electrons. The molecule has 28 heavy (non-hydrogen) atoms. The van der Waals surface area contributed by atoms with E-state index in [0.29, 0.717) is 25.1 Å². The van der Waals surface area contributed by atoms with E-state index in [-0.39, 0.29) is 35.1 Å². The van der Waals surface area contributed by atoms with Gasteiger partial charge in [-0.15, -0.1) is 0 Å². The Labute approximate surface area is 166 Å². The molecule has 4 rings (SSSR count). The lowest BCUT2D eigenvalue weighted by Crippen LogP contribution is -2.55. The van der Waals surface area contributed by atoms with E-state index in [4.69, 9.17) is 0 Å². The number of phenols is 1. The van der Waals surface area contributed by atoms with Crippen LogP contribution >= 0.6 is 0 Å². The van der Waals surface area contributed by atoms with Crippen LogP contribution in [0.25, 0.3) is 0 Å². The average Bonchev–Trinajstić information content (AvgIpc) is 2.71. The van der Waals surface area contributed by atoms with Gasteiger partial charge < -0.3 is 20.0 Å². The Balaban J connectivity index is 1.38. The zero-order valence-corrected chi connectivity index (χ0v) is 16.3. The van der Waals surface area contributed by atoms with Gasteiger partial charge in [-0.25, -0.2) is 0 Å². The van der Waals surface area contributed by atoms with Gasteiger partial charge in [-0.1, -0.05) is 0 Å². The minimum Gasteiger partial charge on any atom is -0.508 e. The SMILES string of the molecule is O=C(c1ccc(O)cc1)N1CCC2(CCC(=O)N(C3CCC(O)CC3)C2)CC1. The molecule has 1 aromatic rings. The molecule has 1 aromatic carbocycles. The van der Waals surface area contributed by atoms with E-state index < -0.39 is 0 Å². The molecule has 2 heterocycles. The van der Waals surface area contributed by atoms with E-state index in [9.17, 15) is 19.8 Å². The van der Waals surface area contributed by atoms with Gasteiger partial charge >= 0.3 is 0 Å². The summed E-state index contributed by atoms with van der Waals surface area (Å²) >= 11 is 0. The van der Waals surface area contributed by atoms with Crippen molar-refractivity contribution in [3.63, 3.8) is 0 Å². The van der Waals surface area contributed by atoms with E-state index in [2.05, 4.69) is 4.90 Å². The van der Waals surface area contributed by atoms with Crippen LogP contribution in [0, 0.1) is 5.41 Å². The molecule has 0 bridgehead atoms. The van der Waals surface area contributed by atoms with Crippen LogP contribution in [-0.2, 0) is 4.79 Å². The number of benzene rings is 1. The van der Waals surface area contributed by atoms with Gasteiger partial charge in [-0.05, 0) is 74.6 Å². The maximum absolute atomic E-state index is 12.7. The molecule has 3 fully saturated rings. The van der Waals surface area contributed by atoms with E-state index in [0.717, 1.165) is 51.5 Å². The second kappa shape index (κ2) is 7.74. The van der Waals surface area contributed by atoms with Crippen LogP contribution in [0.5, 0.6) is 5.75 Å². The standard InChI is InChI=1S/C22H30N2O4/c25-18-5-1-16(2-6-18)21(28)23-13-11-22(12-14-23)10-9-20(27)24(15-22)17-3-7-19(26)8-4-17/h1-2,5-6,17,19,25-26H,3-4,7-15H2. The summed E-state index contributed by atoms with van der Waals surface area (Å²) in [5.41, 5.74) is 0.727. The predicted octanol–water partition coefficient (Wildman–Crippen LogP) is 2.54. The maximum Gasteiger partial charge on any atom is 0.253 e. The van der Waals surface area contributed by atoms with Crippen LogP contribution in [0.15, 0.2) is 24.3 Å². The minimum atomic E-state index is -0.209. The molecule has 0 atom stereocenters. The first kappa shape index (κ1) is 19.2. The number of amides is 2. The van der Waals surface area contributed by atoms with Crippen LogP contribution in [0.4, 0.5) is 0 Å². The summed E-state index contributed by atoms with van der Waals surface area (Å²) in [5, 5.41) is 19.2. The highest BCUT2D eigenvalue weighted by Crippen LogP contribution is 2.42. The first-order valence-electron chi connectivity index (χ1n) is 10.5. The third-order valence-electron chi connectivity index (χ3n) is 7.03. The highest BCUT2D eigenvalue weighted by molar-refractivity contribution is 5.94. The summed E-state index contributed by atoms with van der Waals surface area (Å²) in [6.07, 6.45) is 6.53. The van der Waals surface area contributed by atoms with Crippen LogP contribution in [0.1, 0.15) is 61.7 Å². The van der Waals surface area contributed by atoms with Crippen LogP contribution in [-0.4, -0.2) is 63.6 Å². The second-order valence-corrected chi connectivity index (χ2v) is 8.82. The topological polar surface area (TPSA) is 81.1 Å². The summed E-state index contributed by atoms with van der Waals surface area (Å²) in [7, 11) is 0. The van der Waals surface area contributed by atoms with Crippen molar-refractivity contribution in [2.45, 2.75) is 63.5 Å². The monoisotopic (exact) mass is 386 g/mol. The van der Waals surface area contributed by atoms with Crippen molar-refractivity contribution >= 4 is 11.8 Å². The molecular formula is C22H30N2O4. The molecule has 2 aliphatic heterocycles. The number of rotatable bonds is 2. The molecule has 6 heteroatoms. The number of phenolic OH excluding ortho intramolecular Hbond substituents is 1. The molecule has 6 nitrogen and oxygen atoms in total. The summed E-state index contributed by atoms with van der Waals surface area (Å²) in [6, 6.07) is 6.69. The third-order valence-corrected chi connectivity index (χ3v) is 7.03. The summed E-state index contributed by atoms with van der Waals surface area (Å²) < 4.78 is 0. The second-order valence-electron chi connectivity index (χ2n) is 8.82. The van der Waals surface area contributed by atoms with Gasteiger partial charge in [0.25, 0.3) is 5.91 Å². The minimum absolute atomic E-state index is 0.0138. The predicted molar refractivity (Wildman–Crippen MR) is 105 cm³/mol. The van der Waals surface area contributed by atoms with Gasteiger partial charge in [0.2, 0.25) is 5.91 Å². The van der Waals surface area contributed by atoms with Gasteiger partial charge in [0.15, 0.2) is 0 Å². The molecule has 2 saturated heterocycles. The summed E-state index contributed by atoms with van der Waals surface area (Å²) in [4.78, 5) is 29.3. The van der Waals surface area contributed by atoms with Crippen molar-refractivity contribution in [2.24, 2.45) is 5.41 Å². The number of aliphatic hydroxyl groups is 1. The Morgan fingerprint density at radius 2 is 1.64 bits per heavy atom. The molecular weight excluding hydrogens is 356 g/mol. The number of hydrogen-bond acceptors (Lipinski definition) is 4. The molecule has 0 aromatic heterocycles. The van der Waals surface area contributed by atoms with Crippen molar-refractivity contribution in [3.05, 3.63) is 29.8 Å². The Morgan fingerprint density at radius 1 is 1.00 bits per heavy atom. The number of aromatic hydroxyl groups is 1. The first-order chi connectivity index (χ1) is 13.5. The van der Waals surface area contributed by atoms with Gasteiger partial charge in [0.1, 0.15) is 5.75 Å². The molecule has 2 N–H and O–H groups in total. The fraction of sp³-hybridized carbons (Fsp3) is 0.636. The average molecular weight is 386 g/mol. The van der Waals surface area contributed by atoms with Crippen LogP contribution in [0.2, 0.25) is 0 Å². The number of hydrogen-bond donors (Lipinski definition) is 2.